The van der Waals surface area contributed by atoms with Crippen LogP contribution in [0.5, 0.6) is 0 Å². The van der Waals surface area contributed by atoms with Crippen LogP contribution < -0.4 is 10.0 Å². The third-order valence-corrected chi connectivity index (χ3v) is 6.54. The van der Waals surface area contributed by atoms with Gasteiger partial charge in [0, 0.05) is 17.3 Å². The van der Waals surface area contributed by atoms with Gasteiger partial charge in [-0.2, -0.15) is 9.98 Å². The molecule has 0 aliphatic rings. The number of nitrogens with one attached hydrogen (secondary N) is 2. The van der Waals surface area contributed by atoms with Gasteiger partial charge in [0.05, 0.1) is 17.1 Å². The lowest BCUT2D eigenvalue weighted by molar-refractivity contribution is -0.117. The Balaban J connectivity index is 1.66. The van der Waals surface area contributed by atoms with Crippen molar-refractivity contribution in [1.82, 2.24) is 9.71 Å². The smallest absolute Gasteiger partial charge is 0.243 e. The van der Waals surface area contributed by atoms with Crippen LogP contribution in [-0.4, -0.2) is 25.4 Å². The van der Waals surface area contributed by atoms with Crippen molar-refractivity contribution in [2.45, 2.75) is 17.4 Å². The molecule has 1 aromatic heterocycles. The molecule has 0 spiro atoms. The fourth-order valence-electron chi connectivity index (χ4n) is 3.48. The second kappa shape index (κ2) is 9.61. The van der Waals surface area contributed by atoms with Gasteiger partial charge >= 0.3 is 0 Å². The summed E-state index contributed by atoms with van der Waals surface area (Å²) in [4.78, 5) is 17.4. The van der Waals surface area contributed by atoms with Crippen LogP contribution in [-0.2, 0) is 21.2 Å². The fourth-order valence-corrected chi connectivity index (χ4v) is 4.85. The molecule has 0 radical (unpaired) electrons. The zero-order chi connectivity index (χ0) is 23.3. The van der Waals surface area contributed by atoms with Gasteiger partial charge in [0.2, 0.25) is 15.9 Å². The van der Waals surface area contributed by atoms with E-state index in [2.05, 4.69) is 15.0 Å². The second-order valence-electron chi connectivity index (χ2n) is 7.38. The van der Waals surface area contributed by atoms with Crippen molar-refractivity contribution in [2.75, 3.05) is 5.32 Å². The van der Waals surface area contributed by atoms with Crippen molar-refractivity contribution < 1.29 is 13.2 Å². The van der Waals surface area contributed by atoms with Crippen LogP contribution in [0.25, 0.3) is 10.9 Å². The maximum Gasteiger partial charge on any atom is 0.243 e. The highest BCUT2D eigenvalue weighted by Crippen LogP contribution is 2.21. The number of fused-ring (bicyclic) bond motifs is 1. The van der Waals surface area contributed by atoms with E-state index >= 15 is 0 Å². The number of aromatic nitrogens is 1. The molecule has 0 bridgehead atoms. The van der Waals surface area contributed by atoms with Crippen LogP contribution in [0.1, 0.15) is 11.1 Å². The Bertz CT molecular complexity index is 1440. The summed E-state index contributed by atoms with van der Waals surface area (Å²) in [5.41, 5.74) is 1.91. The molecule has 1 amide bonds. The van der Waals surface area contributed by atoms with Crippen LogP contribution in [0.4, 0.5) is 5.69 Å². The van der Waals surface area contributed by atoms with E-state index in [1.807, 2.05) is 36.4 Å². The second-order valence-corrected chi connectivity index (χ2v) is 9.06. The molecule has 4 rings (SSSR count). The molecule has 0 aliphatic carbocycles. The van der Waals surface area contributed by atoms with Gasteiger partial charge in [0.1, 0.15) is 10.9 Å². The minimum absolute atomic E-state index is 0.00191. The van der Waals surface area contributed by atoms with Crippen LogP contribution in [0, 0.1) is 11.3 Å². The number of benzene rings is 3. The number of hydrogen-bond acceptors (Lipinski definition) is 5. The van der Waals surface area contributed by atoms with E-state index < -0.39 is 22.0 Å². The number of carbonyl (C=O) groups is 1. The molecule has 0 aliphatic heterocycles. The Labute approximate surface area is 191 Å². The quantitative estimate of drug-likeness (QED) is 0.441. The highest BCUT2D eigenvalue weighted by Gasteiger charge is 2.28. The number of nitriles is 1. The van der Waals surface area contributed by atoms with Crippen molar-refractivity contribution in [3.05, 3.63) is 102 Å². The van der Waals surface area contributed by atoms with Crippen molar-refractivity contribution in [3.63, 3.8) is 0 Å². The van der Waals surface area contributed by atoms with Gasteiger partial charge in [-0.1, -0.05) is 54.6 Å². The monoisotopic (exact) mass is 456 g/mol. The first-order valence-electron chi connectivity index (χ1n) is 10.2. The molecular formula is C25H20N4O3S. The fraction of sp³-hybridized carbons (Fsp3) is 0.0800. The number of amides is 1. The molecule has 0 fully saturated rings. The first kappa shape index (κ1) is 22.1. The summed E-state index contributed by atoms with van der Waals surface area (Å²) in [7, 11) is -4.08. The minimum atomic E-state index is -4.08. The Morgan fingerprint density at radius 1 is 0.970 bits per heavy atom. The Morgan fingerprint density at radius 3 is 2.52 bits per heavy atom. The van der Waals surface area contributed by atoms with Crippen LogP contribution in [0.2, 0.25) is 0 Å². The first-order valence-corrected chi connectivity index (χ1v) is 11.7. The average Bonchev–Trinajstić information content (AvgIpc) is 2.84. The molecule has 1 heterocycles. The van der Waals surface area contributed by atoms with Crippen molar-refractivity contribution in [2.24, 2.45) is 0 Å². The first-order chi connectivity index (χ1) is 16.0. The van der Waals surface area contributed by atoms with Crippen molar-refractivity contribution >= 4 is 32.5 Å². The van der Waals surface area contributed by atoms with Gasteiger partial charge < -0.3 is 5.32 Å². The Hall–Kier alpha value is -4.06. The number of hydrogen-bond donors (Lipinski definition) is 2. The molecule has 0 saturated carbocycles. The molecule has 1 atom stereocenters. The maximum atomic E-state index is 13.3. The minimum Gasteiger partial charge on any atom is -0.325 e. The SMILES string of the molecule is N#Cc1cccc(NC(=O)C(Cc2ccccc2)NS(=O)(=O)c2cccc3cccnc23)c1. The third kappa shape index (κ3) is 5.23. The lowest BCUT2D eigenvalue weighted by Crippen LogP contribution is -2.45. The Kier molecular flexibility index (Phi) is 6.45. The van der Waals surface area contributed by atoms with Gasteiger partial charge in [0.25, 0.3) is 0 Å². The number of anilines is 1. The molecule has 7 nitrogen and oxygen atoms in total. The predicted octanol–water partition coefficient (Wildman–Crippen LogP) is 3.63. The topological polar surface area (TPSA) is 112 Å². The molecule has 2 N–H and O–H groups in total. The summed E-state index contributed by atoms with van der Waals surface area (Å²) < 4.78 is 29.2. The standard InChI is InChI=1S/C25H20N4O3S/c26-17-19-9-4-12-21(15-19)28-25(30)22(16-18-7-2-1-3-8-18)29-33(31,32)23-13-5-10-20-11-6-14-27-24(20)23/h1-15,22,29H,16H2,(H,28,30). The normalized spacial score (nSPS) is 12.1. The van der Waals surface area contributed by atoms with Gasteiger partial charge in [-0.05, 0) is 42.3 Å². The number of para-hydroxylation sites is 1. The molecule has 33 heavy (non-hydrogen) atoms. The van der Waals surface area contributed by atoms with Crippen LogP contribution in [0.15, 0.2) is 96.0 Å². The molecule has 3 aromatic carbocycles. The lowest BCUT2D eigenvalue weighted by Gasteiger charge is -2.19. The zero-order valence-corrected chi connectivity index (χ0v) is 18.3. The molecule has 8 heteroatoms. The van der Waals surface area contributed by atoms with Crippen molar-refractivity contribution in [1.29, 1.82) is 5.26 Å². The summed E-state index contributed by atoms with van der Waals surface area (Å²) in [6.45, 7) is 0. The molecule has 4 aromatic rings. The van der Waals surface area contributed by atoms with Gasteiger partial charge in [-0.3, -0.25) is 9.78 Å². The number of carbonyl (C=O) groups excluding carboxylic acids is 1. The van der Waals surface area contributed by atoms with E-state index in [0.29, 0.717) is 22.2 Å². The number of nitrogens with zero attached hydrogens (tertiary/aromatic N) is 2. The van der Waals surface area contributed by atoms with E-state index in [1.165, 1.54) is 18.3 Å². The molecular weight excluding hydrogens is 436 g/mol. The zero-order valence-electron chi connectivity index (χ0n) is 17.5. The van der Waals surface area contributed by atoms with E-state index in [1.54, 1.807) is 42.5 Å². The molecule has 1 unspecified atom stereocenters. The third-order valence-electron chi connectivity index (χ3n) is 5.04. The summed E-state index contributed by atoms with van der Waals surface area (Å²) in [6, 6.07) is 24.9. The van der Waals surface area contributed by atoms with Crippen molar-refractivity contribution in [3.8, 4) is 6.07 Å². The lowest BCUT2D eigenvalue weighted by atomic mass is 10.1. The molecule has 164 valence electrons. The van der Waals surface area contributed by atoms with Crippen LogP contribution >= 0.6 is 0 Å². The number of rotatable bonds is 7. The largest absolute Gasteiger partial charge is 0.325 e. The van der Waals surface area contributed by atoms with Crippen LogP contribution in [0.3, 0.4) is 0 Å². The van der Waals surface area contributed by atoms with E-state index in [0.717, 1.165) is 5.56 Å². The van der Waals surface area contributed by atoms with Gasteiger partial charge in [0.15, 0.2) is 0 Å². The average molecular weight is 457 g/mol. The van der Waals surface area contributed by atoms with Gasteiger partial charge in [-0.15, -0.1) is 0 Å². The van der Waals surface area contributed by atoms with Gasteiger partial charge in [-0.25, -0.2) is 8.42 Å². The highest BCUT2D eigenvalue weighted by molar-refractivity contribution is 7.89. The van der Waals surface area contributed by atoms with E-state index in [4.69, 9.17) is 5.26 Å². The van der Waals surface area contributed by atoms with E-state index in [-0.39, 0.29) is 11.3 Å². The highest BCUT2D eigenvalue weighted by atomic mass is 32.2. The Morgan fingerprint density at radius 2 is 1.73 bits per heavy atom. The maximum absolute atomic E-state index is 13.3. The summed E-state index contributed by atoms with van der Waals surface area (Å²) >= 11 is 0. The van der Waals surface area contributed by atoms with E-state index in [9.17, 15) is 13.2 Å². The summed E-state index contributed by atoms with van der Waals surface area (Å²) in [5.74, 6) is -0.536. The number of sulfonamides is 1. The number of pyridine rings is 1. The molecule has 0 saturated heterocycles. The predicted molar refractivity (Wildman–Crippen MR) is 126 cm³/mol. The summed E-state index contributed by atoms with van der Waals surface area (Å²) in [6.07, 6.45) is 1.67. The summed E-state index contributed by atoms with van der Waals surface area (Å²) in [5, 5.41) is 12.5.